The number of H-pyrrole nitrogens is 1. The molecule has 0 aliphatic carbocycles. The van der Waals surface area contributed by atoms with E-state index in [1.54, 1.807) is 26.1 Å². The van der Waals surface area contributed by atoms with Crippen molar-refractivity contribution in [1.82, 2.24) is 25.2 Å². The number of hydrogen-bond acceptors (Lipinski definition) is 7. The number of imidazole rings is 1. The molecule has 3 aromatic rings. The number of rotatable bonds is 5. The Kier molecular flexibility index (Phi) is 4.23. The number of ether oxygens (including phenoxy) is 1. The minimum atomic E-state index is -0.609. The van der Waals surface area contributed by atoms with E-state index < -0.39 is 11.9 Å². The summed E-state index contributed by atoms with van der Waals surface area (Å²) in [5, 5.41) is 7.50. The molecule has 1 N–H and O–H groups in total. The molecule has 0 aliphatic rings. The van der Waals surface area contributed by atoms with Gasteiger partial charge in [0.2, 0.25) is 0 Å². The van der Waals surface area contributed by atoms with E-state index >= 15 is 0 Å². The molecule has 3 rings (SSSR count). The molecule has 0 fully saturated rings. The Hall–Kier alpha value is -3.23. The first-order valence-corrected chi connectivity index (χ1v) is 7.27. The third-order valence-electron chi connectivity index (χ3n) is 3.41. The van der Waals surface area contributed by atoms with Crippen LogP contribution in [0.3, 0.4) is 0 Å². The highest BCUT2D eigenvalue weighted by Gasteiger charge is 2.24. The van der Waals surface area contributed by atoms with Crippen molar-refractivity contribution in [3.63, 3.8) is 0 Å². The van der Waals surface area contributed by atoms with Gasteiger partial charge in [0.15, 0.2) is 11.4 Å². The van der Waals surface area contributed by atoms with Crippen molar-refractivity contribution >= 4 is 22.9 Å². The van der Waals surface area contributed by atoms with Crippen molar-refractivity contribution in [3.8, 4) is 0 Å². The standard InChI is InChI=1S/C15H15N5O4/c1-3-23-15(22)13-12(16-8-17-13)14(21)20(2)7-9-4-5-10-11(6-9)19-24-18-10/h4-6,8H,3,7H2,1-2H3,(H,16,17). The lowest BCUT2D eigenvalue weighted by atomic mass is 10.2. The SMILES string of the molecule is CCOC(=O)c1[nH]cnc1C(=O)N(C)Cc1ccc2nonc2c1. The molecular weight excluding hydrogens is 314 g/mol. The molecule has 24 heavy (non-hydrogen) atoms. The summed E-state index contributed by atoms with van der Waals surface area (Å²) in [5.41, 5.74) is 2.18. The van der Waals surface area contributed by atoms with Crippen LogP contribution in [0.5, 0.6) is 0 Å². The van der Waals surface area contributed by atoms with Crippen LogP contribution in [-0.2, 0) is 11.3 Å². The molecule has 1 aromatic carbocycles. The average molecular weight is 329 g/mol. The fraction of sp³-hybridized carbons (Fsp3) is 0.267. The molecule has 0 unspecified atom stereocenters. The first-order valence-electron chi connectivity index (χ1n) is 7.27. The van der Waals surface area contributed by atoms with Crippen molar-refractivity contribution in [1.29, 1.82) is 0 Å². The van der Waals surface area contributed by atoms with Gasteiger partial charge in [0.05, 0.1) is 12.9 Å². The molecule has 124 valence electrons. The van der Waals surface area contributed by atoms with E-state index in [0.717, 1.165) is 5.56 Å². The molecule has 0 spiro atoms. The van der Waals surface area contributed by atoms with E-state index in [1.807, 2.05) is 6.07 Å². The van der Waals surface area contributed by atoms with E-state index in [2.05, 4.69) is 24.9 Å². The summed E-state index contributed by atoms with van der Waals surface area (Å²) in [6, 6.07) is 5.37. The Morgan fingerprint density at radius 1 is 1.29 bits per heavy atom. The predicted octanol–water partition coefficient (Wildman–Crippen LogP) is 1.39. The summed E-state index contributed by atoms with van der Waals surface area (Å²) < 4.78 is 9.56. The van der Waals surface area contributed by atoms with Crippen LogP contribution in [0, 0.1) is 0 Å². The van der Waals surface area contributed by atoms with Crippen LogP contribution in [0.15, 0.2) is 29.2 Å². The number of amides is 1. The van der Waals surface area contributed by atoms with Crippen molar-refractivity contribution in [2.24, 2.45) is 0 Å². The number of carbonyl (C=O) groups is 2. The van der Waals surface area contributed by atoms with Gasteiger partial charge in [-0.25, -0.2) is 14.4 Å². The van der Waals surface area contributed by atoms with E-state index in [9.17, 15) is 9.59 Å². The summed E-state index contributed by atoms with van der Waals surface area (Å²) in [5.74, 6) is -1.00. The second-order valence-electron chi connectivity index (χ2n) is 5.10. The summed E-state index contributed by atoms with van der Waals surface area (Å²) >= 11 is 0. The largest absolute Gasteiger partial charge is 0.461 e. The molecule has 9 heteroatoms. The molecule has 2 aromatic heterocycles. The van der Waals surface area contributed by atoms with Gasteiger partial charge in [-0.05, 0) is 34.9 Å². The first-order chi connectivity index (χ1) is 11.6. The van der Waals surface area contributed by atoms with Gasteiger partial charge in [0.1, 0.15) is 11.0 Å². The number of esters is 1. The van der Waals surface area contributed by atoms with Gasteiger partial charge in [0, 0.05) is 13.6 Å². The maximum Gasteiger partial charge on any atom is 0.357 e. The van der Waals surface area contributed by atoms with E-state index in [1.165, 1.54) is 11.2 Å². The number of nitrogens with one attached hydrogen (secondary N) is 1. The quantitative estimate of drug-likeness (QED) is 0.703. The van der Waals surface area contributed by atoms with Crippen LogP contribution in [0.2, 0.25) is 0 Å². The van der Waals surface area contributed by atoms with Crippen LogP contribution in [-0.4, -0.2) is 50.7 Å². The highest BCUT2D eigenvalue weighted by Crippen LogP contribution is 2.15. The third kappa shape index (κ3) is 2.96. The Morgan fingerprint density at radius 2 is 2.08 bits per heavy atom. The van der Waals surface area contributed by atoms with Crippen LogP contribution in [0.1, 0.15) is 33.5 Å². The van der Waals surface area contributed by atoms with Gasteiger partial charge in [0.25, 0.3) is 5.91 Å². The highest BCUT2D eigenvalue weighted by molar-refractivity contribution is 6.02. The van der Waals surface area contributed by atoms with Gasteiger partial charge in [-0.15, -0.1) is 0 Å². The van der Waals surface area contributed by atoms with Gasteiger partial charge < -0.3 is 14.6 Å². The second-order valence-corrected chi connectivity index (χ2v) is 5.10. The van der Waals surface area contributed by atoms with Crippen LogP contribution in [0.4, 0.5) is 0 Å². The number of aromatic amines is 1. The van der Waals surface area contributed by atoms with Gasteiger partial charge in [-0.3, -0.25) is 4.79 Å². The summed E-state index contributed by atoms with van der Waals surface area (Å²) in [6.07, 6.45) is 1.29. The second kappa shape index (κ2) is 6.49. The number of carbonyl (C=O) groups excluding carboxylic acids is 2. The summed E-state index contributed by atoms with van der Waals surface area (Å²) in [6.45, 7) is 2.22. The van der Waals surface area contributed by atoms with Gasteiger partial charge in [-0.2, -0.15) is 0 Å². The molecule has 1 amide bonds. The van der Waals surface area contributed by atoms with Crippen molar-refractivity contribution < 1.29 is 19.0 Å². The van der Waals surface area contributed by atoms with Crippen molar-refractivity contribution in [2.75, 3.05) is 13.7 Å². The smallest absolute Gasteiger partial charge is 0.357 e. The maximum absolute atomic E-state index is 12.5. The van der Waals surface area contributed by atoms with Crippen LogP contribution >= 0.6 is 0 Å². The van der Waals surface area contributed by atoms with Crippen molar-refractivity contribution in [3.05, 3.63) is 41.5 Å². The Morgan fingerprint density at radius 3 is 2.88 bits per heavy atom. The molecule has 0 saturated heterocycles. The lowest BCUT2D eigenvalue weighted by Crippen LogP contribution is -2.28. The number of hydrogen-bond donors (Lipinski definition) is 1. The van der Waals surface area contributed by atoms with Crippen LogP contribution < -0.4 is 0 Å². The zero-order valence-electron chi connectivity index (χ0n) is 13.1. The first kappa shape index (κ1) is 15.7. The number of fused-ring (bicyclic) bond motifs is 1. The van der Waals surface area contributed by atoms with Crippen LogP contribution in [0.25, 0.3) is 11.0 Å². The minimum Gasteiger partial charge on any atom is -0.461 e. The lowest BCUT2D eigenvalue weighted by Gasteiger charge is -2.16. The summed E-state index contributed by atoms with van der Waals surface area (Å²) in [4.78, 5) is 32.4. The Bertz CT molecular complexity index is 885. The Labute approximate surface area is 136 Å². The van der Waals surface area contributed by atoms with E-state index in [0.29, 0.717) is 17.6 Å². The molecule has 0 radical (unpaired) electrons. The number of aromatic nitrogens is 4. The third-order valence-corrected chi connectivity index (χ3v) is 3.41. The molecule has 0 aliphatic heterocycles. The fourth-order valence-corrected chi connectivity index (χ4v) is 2.27. The average Bonchev–Trinajstić information content (AvgIpc) is 3.22. The maximum atomic E-state index is 12.5. The normalized spacial score (nSPS) is 10.8. The summed E-state index contributed by atoms with van der Waals surface area (Å²) in [7, 11) is 1.62. The number of benzene rings is 1. The zero-order valence-corrected chi connectivity index (χ0v) is 13.1. The molecule has 2 heterocycles. The topological polar surface area (TPSA) is 114 Å². The minimum absolute atomic E-state index is 0.0279. The highest BCUT2D eigenvalue weighted by atomic mass is 16.6. The molecule has 0 bridgehead atoms. The molecular formula is C15H15N5O4. The Balaban J connectivity index is 1.77. The van der Waals surface area contributed by atoms with E-state index in [4.69, 9.17) is 4.74 Å². The molecule has 0 atom stereocenters. The fourth-order valence-electron chi connectivity index (χ4n) is 2.27. The monoisotopic (exact) mass is 329 g/mol. The zero-order chi connectivity index (χ0) is 17.1. The van der Waals surface area contributed by atoms with E-state index in [-0.39, 0.29) is 18.0 Å². The number of nitrogens with zero attached hydrogens (tertiary/aromatic N) is 4. The predicted molar refractivity (Wildman–Crippen MR) is 82.1 cm³/mol. The van der Waals surface area contributed by atoms with Gasteiger partial charge >= 0.3 is 5.97 Å². The molecule has 0 saturated carbocycles. The lowest BCUT2D eigenvalue weighted by molar-refractivity contribution is 0.0513. The van der Waals surface area contributed by atoms with Gasteiger partial charge in [-0.1, -0.05) is 6.07 Å². The molecule has 9 nitrogen and oxygen atoms in total. The van der Waals surface area contributed by atoms with Crippen molar-refractivity contribution in [2.45, 2.75) is 13.5 Å².